The zero-order valence-corrected chi connectivity index (χ0v) is 9.38. The van der Waals surface area contributed by atoms with Gasteiger partial charge in [-0.25, -0.2) is 4.98 Å². The standard InChI is InChI=1S/C8H9N3OS2/c1-3-6(14-4(2)9-3)5-7(12)11-8(13)10-5/h5H,1-2H3,(H2,10,11,12,13). The summed E-state index contributed by atoms with van der Waals surface area (Å²) in [7, 11) is 0. The van der Waals surface area contributed by atoms with Crippen LogP contribution in [0.25, 0.3) is 0 Å². The molecule has 1 saturated heterocycles. The number of carbonyl (C=O) groups excluding carboxylic acids is 1. The molecule has 74 valence electrons. The number of amides is 1. The molecule has 2 N–H and O–H groups in total. The second kappa shape index (κ2) is 3.29. The predicted octanol–water partition coefficient (Wildman–Crippen LogP) is 0.805. The van der Waals surface area contributed by atoms with Gasteiger partial charge in [0.25, 0.3) is 5.91 Å². The van der Waals surface area contributed by atoms with Crippen LogP contribution >= 0.6 is 23.6 Å². The van der Waals surface area contributed by atoms with Gasteiger partial charge in [0, 0.05) is 0 Å². The van der Waals surface area contributed by atoms with E-state index in [1.807, 2.05) is 13.8 Å². The minimum absolute atomic E-state index is 0.0956. The van der Waals surface area contributed by atoms with Crippen molar-refractivity contribution in [3.63, 3.8) is 0 Å². The van der Waals surface area contributed by atoms with Gasteiger partial charge < -0.3 is 10.6 Å². The van der Waals surface area contributed by atoms with Crippen LogP contribution in [0, 0.1) is 13.8 Å². The third-order valence-electron chi connectivity index (χ3n) is 1.98. The fraction of sp³-hybridized carbons (Fsp3) is 0.375. The van der Waals surface area contributed by atoms with Crippen LogP contribution < -0.4 is 10.6 Å². The van der Waals surface area contributed by atoms with E-state index in [-0.39, 0.29) is 11.9 Å². The van der Waals surface area contributed by atoms with Crippen molar-refractivity contribution in [3.05, 3.63) is 15.6 Å². The highest BCUT2D eigenvalue weighted by molar-refractivity contribution is 7.80. The third kappa shape index (κ3) is 1.51. The van der Waals surface area contributed by atoms with E-state index in [1.165, 1.54) is 11.3 Å². The van der Waals surface area contributed by atoms with E-state index in [9.17, 15) is 4.79 Å². The monoisotopic (exact) mass is 227 g/mol. The summed E-state index contributed by atoms with van der Waals surface area (Å²) in [6.45, 7) is 3.82. The Morgan fingerprint density at radius 2 is 2.21 bits per heavy atom. The zero-order valence-electron chi connectivity index (χ0n) is 7.75. The van der Waals surface area contributed by atoms with Crippen LogP contribution in [-0.2, 0) is 4.79 Å². The zero-order chi connectivity index (χ0) is 10.3. The molecule has 0 aliphatic carbocycles. The van der Waals surface area contributed by atoms with Crippen molar-refractivity contribution in [3.8, 4) is 0 Å². The first-order valence-electron chi connectivity index (χ1n) is 4.13. The Morgan fingerprint density at radius 1 is 1.50 bits per heavy atom. The molecule has 0 aromatic carbocycles. The summed E-state index contributed by atoms with van der Waals surface area (Å²) in [4.78, 5) is 16.7. The number of hydrogen-bond donors (Lipinski definition) is 2. The number of aryl methyl sites for hydroxylation is 2. The highest BCUT2D eigenvalue weighted by Crippen LogP contribution is 2.26. The van der Waals surface area contributed by atoms with Crippen LogP contribution in [0.4, 0.5) is 0 Å². The van der Waals surface area contributed by atoms with E-state index >= 15 is 0 Å². The maximum atomic E-state index is 11.5. The minimum Gasteiger partial charge on any atom is -0.346 e. The lowest BCUT2D eigenvalue weighted by atomic mass is 10.2. The van der Waals surface area contributed by atoms with E-state index in [0.717, 1.165) is 15.6 Å². The molecule has 1 atom stereocenters. The van der Waals surface area contributed by atoms with Gasteiger partial charge in [-0.05, 0) is 26.1 Å². The van der Waals surface area contributed by atoms with Crippen molar-refractivity contribution in [1.82, 2.24) is 15.6 Å². The molecule has 2 rings (SSSR count). The largest absolute Gasteiger partial charge is 0.346 e. The third-order valence-corrected chi connectivity index (χ3v) is 3.33. The fourth-order valence-electron chi connectivity index (χ4n) is 1.42. The Kier molecular flexibility index (Phi) is 2.24. The minimum atomic E-state index is -0.353. The SMILES string of the molecule is Cc1nc(C)c(C2NC(=S)NC2=O)s1. The number of rotatable bonds is 1. The number of aromatic nitrogens is 1. The Morgan fingerprint density at radius 3 is 2.64 bits per heavy atom. The number of nitrogens with one attached hydrogen (secondary N) is 2. The van der Waals surface area contributed by atoms with Crippen LogP contribution in [0.5, 0.6) is 0 Å². The summed E-state index contributed by atoms with van der Waals surface area (Å²) in [6, 6.07) is -0.353. The summed E-state index contributed by atoms with van der Waals surface area (Å²) in [5, 5.41) is 6.83. The Labute approximate surface area is 90.7 Å². The number of nitrogens with zero attached hydrogens (tertiary/aromatic N) is 1. The van der Waals surface area contributed by atoms with Crippen LogP contribution in [0.3, 0.4) is 0 Å². The van der Waals surface area contributed by atoms with Gasteiger partial charge in [0.15, 0.2) is 5.11 Å². The summed E-state index contributed by atoms with van der Waals surface area (Å²) >= 11 is 6.39. The molecular formula is C8H9N3OS2. The Bertz CT molecular complexity index is 413. The summed E-state index contributed by atoms with van der Waals surface area (Å²) in [6.07, 6.45) is 0. The average Bonchev–Trinajstić information content (AvgIpc) is 2.55. The summed E-state index contributed by atoms with van der Waals surface area (Å²) in [5.74, 6) is -0.0956. The molecular weight excluding hydrogens is 218 g/mol. The van der Waals surface area contributed by atoms with Gasteiger partial charge in [0.1, 0.15) is 6.04 Å². The lowest BCUT2D eigenvalue weighted by Gasteiger charge is -2.04. The molecule has 0 bridgehead atoms. The molecule has 0 saturated carbocycles. The highest BCUT2D eigenvalue weighted by Gasteiger charge is 2.31. The number of carbonyl (C=O) groups is 1. The first kappa shape index (κ1) is 9.54. The molecule has 1 fully saturated rings. The Balaban J connectivity index is 2.36. The maximum absolute atomic E-state index is 11.5. The lowest BCUT2D eigenvalue weighted by molar-refractivity contribution is -0.120. The number of thiazole rings is 1. The molecule has 1 aromatic rings. The van der Waals surface area contributed by atoms with E-state index in [1.54, 1.807) is 0 Å². The van der Waals surface area contributed by atoms with Crippen LogP contribution in [0.15, 0.2) is 0 Å². The topological polar surface area (TPSA) is 54.0 Å². The summed E-state index contributed by atoms with van der Waals surface area (Å²) < 4.78 is 0. The van der Waals surface area contributed by atoms with Crippen molar-refractivity contribution in [2.75, 3.05) is 0 Å². The van der Waals surface area contributed by atoms with Gasteiger partial charge in [-0.2, -0.15) is 0 Å². The second-order valence-electron chi connectivity index (χ2n) is 3.08. The lowest BCUT2D eigenvalue weighted by Crippen LogP contribution is -2.21. The van der Waals surface area contributed by atoms with E-state index < -0.39 is 0 Å². The molecule has 1 unspecified atom stereocenters. The van der Waals surface area contributed by atoms with Crippen molar-refractivity contribution < 1.29 is 4.79 Å². The van der Waals surface area contributed by atoms with Crippen LogP contribution in [-0.4, -0.2) is 16.0 Å². The Hall–Kier alpha value is -1.01. The van der Waals surface area contributed by atoms with Gasteiger partial charge in [0.2, 0.25) is 0 Å². The summed E-state index contributed by atoms with van der Waals surface area (Å²) in [5.41, 5.74) is 0.893. The molecule has 0 spiro atoms. The first-order chi connectivity index (χ1) is 6.58. The quantitative estimate of drug-likeness (QED) is 0.697. The molecule has 14 heavy (non-hydrogen) atoms. The van der Waals surface area contributed by atoms with Gasteiger partial charge in [0.05, 0.1) is 15.6 Å². The van der Waals surface area contributed by atoms with Crippen LogP contribution in [0.2, 0.25) is 0 Å². The van der Waals surface area contributed by atoms with Gasteiger partial charge in [-0.15, -0.1) is 11.3 Å². The molecule has 1 aliphatic rings. The molecule has 1 aliphatic heterocycles. The van der Waals surface area contributed by atoms with E-state index in [0.29, 0.717) is 5.11 Å². The number of hydrogen-bond acceptors (Lipinski definition) is 4. The molecule has 2 heterocycles. The van der Waals surface area contributed by atoms with E-state index in [2.05, 4.69) is 15.6 Å². The highest BCUT2D eigenvalue weighted by atomic mass is 32.1. The van der Waals surface area contributed by atoms with Gasteiger partial charge >= 0.3 is 0 Å². The van der Waals surface area contributed by atoms with E-state index in [4.69, 9.17) is 12.2 Å². The van der Waals surface area contributed by atoms with Gasteiger partial charge in [-0.3, -0.25) is 4.79 Å². The normalized spacial score (nSPS) is 20.9. The van der Waals surface area contributed by atoms with Crippen molar-refractivity contribution in [1.29, 1.82) is 0 Å². The molecule has 4 nitrogen and oxygen atoms in total. The molecule has 6 heteroatoms. The van der Waals surface area contributed by atoms with Crippen molar-refractivity contribution >= 4 is 34.6 Å². The maximum Gasteiger partial charge on any atom is 0.254 e. The van der Waals surface area contributed by atoms with Crippen molar-refractivity contribution in [2.24, 2.45) is 0 Å². The fourth-order valence-corrected chi connectivity index (χ4v) is 2.61. The van der Waals surface area contributed by atoms with Crippen LogP contribution in [0.1, 0.15) is 21.6 Å². The smallest absolute Gasteiger partial charge is 0.254 e. The average molecular weight is 227 g/mol. The molecule has 1 amide bonds. The molecule has 0 radical (unpaired) electrons. The molecule has 1 aromatic heterocycles. The van der Waals surface area contributed by atoms with Gasteiger partial charge in [-0.1, -0.05) is 0 Å². The second-order valence-corrected chi connectivity index (χ2v) is 4.72. The number of thiocarbonyl (C=S) groups is 1. The van der Waals surface area contributed by atoms with Crippen molar-refractivity contribution in [2.45, 2.75) is 19.9 Å². The predicted molar refractivity (Wildman–Crippen MR) is 58.2 cm³/mol. The first-order valence-corrected chi connectivity index (χ1v) is 5.35.